The first kappa shape index (κ1) is 16.0. The number of hydrogen-bond acceptors (Lipinski definition) is 1. The Bertz CT molecular complexity index is 356. The smallest absolute Gasteiger partial charge is 0.201 e. The van der Waals surface area contributed by atoms with E-state index in [-0.39, 0.29) is 10.8 Å². The van der Waals surface area contributed by atoms with Crippen molar-refractivity contribution in [3.05, 3.63) is 34.8 Å². The van der Waals surface area contributed by atoms with Crippen molar-refractivity contribution in [1.82, 2.24) is 0 Å². The van der Waals surface area contributed by atoms with Gasteiger partial charge in [0.25, 0.3) is 0 Å². The van der Waals surface area contributed by atoms with Crippen molar-refractivity contribution < 1.29 is 4.73 Å². The van der Waals surface area contributed by atoms with Crippen LogP contribution in [-0.2, 0) is 10.8 Å². The fourth-order valence-corrected chi connectivity index (χ4v) is 1.83. The van der Waals surface area contributed by atoms with E-state index in [0.717, 1.165) is 16.0 Å². The maximum atomic E-state index is 11.9. The van der Waals surface area contributed by atoms with Gasteiger partial charge in [0, 0.05) is 17.0 Å². The highest BCUT2D eigenvalue weighted by Crippen LogP contribution is 2.30. The molecule has 0 aliphatic heterocycles. The molecule has 2 heteroatoms. The number of aromatic nitrogens is 1. The van der Waals surface area contributed by atoms with Gasteiger partial charge in [-0.05, 0) is 11.5 Å². The van der Waals surface area contributed by atoms with Gasteiger partial charge in [-0.15, -0.1) is 0 Å². The summed E-state index contributed by atoms with van der Waals surface area (Å²) in [7, 11) is 0. The molecule has 1 aromatic rings. The quantitative estimate of drug-likeness (QED) is 0.496. The Morgan fingerprint density at radius 1 is 0.941 bits per heavy atom. The summed E-state index contributed by atoms with van der Waals surface area (Å²) in [6.45, 7) is 16.6. The van der Waals surface area contributed by atoms with Gasteiger partial charge in [-0.3, -0.25) is 0 Å². The third-order valence-corrected chi connectivity index (χ3v) is 2.48. The van der Waals surface area contributed by atoms with Gasteiger partial charge in [-0.1, -0.05) is 55.4 Å². The van der Waals surface area contributed by atoms with E-state index in [2.05, 4.69) is 47.6 Å². The molecule has 0 amide bonds. The molecule has 1 heterocycles. The summed E-state index contributed by atoms with van der Waals surface area (Å²) in [6.07, 6.45) is 1.58. The van der Waals surface area contributed by atoms with Crippen LogP contribution in [0.1, 0.15) is 66.6 Å². The van der Waals surface area contributed by atoms with Crippen molar-refractivity contribution in [3.63, 3.8) is 0 Å². The van der Waals surface area contributed by atoms with Gasteiger partial charge in [-0.25, -0.2) is 0 Å². The number of hydrogen-bond donors (Lipinski definition) is 0. The van der Waals surface area contributed by atoms with E-state index < -0.39 is 0 Å². The Morgan fingerprint density at radius 3 is 1.71 bits per heavy atom. The zero-order valence-corrected chi connectivity index (χ0v) is 12.6. The van der Waals surface area contributed by atoms with E-state index in [1.165, 1.54) is 0 Å². The van der Waals surface area contributed by atoms with Crippen molar-refractivity contribution in [2.75, 3.05) is 0 Å². The fraction of sp³-hybridized carbons (Fsp3) is 0.667. The summed E-state index contributed by atoms with van der Waals surface area (Å²) in [6, 6.07) is 3.87. The highest BCUT2D eigenvalue weighted by molar-refractivity contribution is 5.28. The zero-order valence-electron chi connectivity index (χ0n) is 12.6. The molecule has 98 valence electrons. The Kier molecular flexibility index (Phi) is 5.18. The second kappa shape index (κ2) is 5.52. The summed E-state index contributed by atoms with van der Waals surface area (Å²) in [4.78, 5) is 0. The van der Waals surface area contributed by atoms with E-state index in [9.17, 15) is 5.21 Å². The van der Waals surface area contributed by atoms with Gasteiger partial charge in [0.1, 0.15) is 0 Å². The number of nitrogens with zero attached hydrogens (tertiary/aromatic N) is 1. The first-order valence-corrected chi connectivity index (χ1v) is 6.37. The van der Waals surface area contributed by atoms with Crippen molar-refractivity contribution in [2.45, 2.75) is 66.2 Å². The number of rotatable bonds is 0. The average Bonchev–Trinajstić information content (AvgIpc) is 2.17. The summed E-state index contributed by atoms with van der Waals surface area (Å²) in [5.74, 6) is 0. The van der Waals surface area contributed by atoms with Crippen LogP contribution in [0.2, 0.25) is 0 Å². The summed E-state index contributed by atoms with van der Waals surface area (Å²) >= 11 is 0. The minimum atomic E-state index is -0.119. The average molecular weight is 237 g/mol. The van der Waals surface area contributed by atoms with E-state index in [4.69, 9.17) is 0 Å². The molecule has 0 fully saturated rings. The van der Waals surface area contributed by atoms with E-state index in [0.29, 0.717) is 0 Å². The van der Waals surface area contributed by atoms with Crippen LogP contribution in [-0.4, -0.2) is 0 Å². The van der Waals surface area contributed by atoms with Gasteiger partial charge in [0.15, 0.2) is 6.20 Å². The normalized spacial score (nSPS) is 11.8. The topological polar surface area (TPSA) is 26.9 Å². The van der Waals surface area contributed by atoms with Crippen LogP contribution >= 0.6 is 0 Å². The molecule has 2 nitrogen and oxygen atoms in total. The van der Waals surface area contributed by atoms with E-state index in [1.54, 1.807) is 6.20 Å². The molecule has 0 unspecified atom stereocenters. The van der Waals surface area contributed by atoms with Crippen LogP contribution in [0.25, 0.3) is 0 Å². The third-order valence-electron chi connectivity index (χ3n) is 2.48. The van der Waals surface area contributed by atoms with Gasteiger partial charge >= 0.3 is 0 Å². The molecule has 0 saturated carbocycles. The van der Waals surface area contributed by atoms with Gasteiger partial charge in [-0.2, -0.15) is 4.73 Å². The van der Waals surface area contributed by atoms with Crippen molar-refractivity contribution >= 4 is 0 Å². The van der Waals surface area contributed by atoms with Crippen LogP contribution in [0.4, 0.5) is 0 Å². The molecule has 1 aromatic heterocycles. The lowest BCUT2D eigenvalue weighted by molar-refractivity contribution is -0.618. The van der Waals surface area contributed by atoms with Crippen LogP contribution < -0.4 is 4.73 Å². The second-order valence-corrected chi connectivity index (χ2v) is 6.10. The molecule has 0 saturated heterocycles. The lowest BCUT2D eigenvalue weighted by Crippen LogP contribution is -2.41. The van der Waals surface area contributed by atoms with Gasteiger partial charge < -0.3 is 5.21 Å². The highest BCUT2D eigenvalue weighted by atomic mass is 16.5. The minimum absolute atomic E-state index is 0.00995. The van der Waals surface area contributed by atoms with Gasteiger partial charge in [0.2, 0.25) is 5.69 Å². The molecule has 0 aliphatic rings. The van der Waals surface area contributed by atoms with E-state index >= 15 is 0 Å². The Labute approximate surface area is 106 Å². The lowest BCUT2D eigenvalue weighted by atomic mass is 9.78. The monoisotopic (exact) mass is 237 g/mol. The van der Waals surface area contributed by atoms with Crippen molar-refractivity contribution in [2.24, 2.45) is 0 Å². The largest absolute Gasteiger partial charge is 0.618 e. The Balaban J connectivity index is 0.00000121. The molecule has 0 bridgehead atoms. The molecule has 0 radical (unpaired) electrons. The zero-order chi connectivity index (χ0) is 13.9. The van der Waals surface area contributed by atoms with E-state index in [1.807, 2.05) is 19.9 Å². The summed E-state index contributed by atoms with van der Waals surface area (Å²) < 4.78 is 1.00. The molecule has 0 aromatic carbocycles. The maximum absolute atomic E-state index is 11.9. The standard InChI is InChI=1S/C13H21NO.C2H6/c1-12(2,3)10-8-7-9-14(15)11(10)13(4,5)6;1-2/h7-9H,1-6H3;1-2H3. The van der Waals surface area contributed by atoms with Crippen LogP contribution in [0.5, 0.6) is 0 Å². The third kappa shape index (κ3) is 4.03. The maximum Gasteiger partial charge on any atom is 0.201 e. The first-order valence-electron chi connectivity index (χ1n) is 6.37. The summed E-state index contributed by atoms with van der Waals surface area (Å²) in [5.41, 5.74) is 1.90. The van der Waals surface area contributed by atoms with Crippen LogP contribution in [0.3, 0.4) is 0 Å². The molecule has 1 rings (SSSR count). The van der Waals surface area contributed by atoms with Crippen molar-refractivity contribution in [3.8, 4) is 0 Å². The molecule has 0 aliphatic carbocycles. The molecular weight excluding hydrogens is 210 g/mol. The molecule has 17 heavy (non-hydrogen) atoms. The van der Waals surface area contributed by atoms with Crippen LogP contribution in [0, 0.1) is 5.21 Å². The SMILES string of the molecule is CC.CC(C)(C)c1ccc[n+]([O-])c1C(C)(C)C. The van der Waals surface area contributed by atoms with Crippen LogP contribution in [0.15, 0.2) is 18.3 Å². The summed E-state index contributed by atoms with van der Waals surface area (Å²) in [5, 5.41) is 11.9. The molecule has 0 spiro atoms. The predicted octanol–water partition coefficient (Wildman–Crippen LogP) is 3.94. The predicted molar refractivity (Wildman–Crippen MR) is 74.2 cm³/mol. The lowest BCUT2D eigenvalue weighted by Gasteiger charge is -2.27. The molecule has 0 atom stereocenters. The molecular formula is C15H27NO. The first-order chi connectivity index (χ1) is 7.64. The second-order valence-electron chi connectivity index (χ2n) is 6.10. The number of pyridine rings is 1. The highest BCUT2D eigenvalue weighted by Gasteiger charge is 2.31. The van der Waals surface area contributed by atoms with Gasteiger partial charge in [0.05, 0.1) is 0 Å². The Morgan fingerprint density at radius 2 is 1.41 bits per heavy atom. The minimum Gasteiger partial charge on any atom is -0.618 e. The fourth-order valence-electron chi connectivity index (χ4n) is 1.83. The Hall–Kier alpha value is -1.05. The van der Waals surface area contributed by atoms with Crippen molar-refractivity contribution in [1.29, 1.82) is 0 Å². The molecule has 0 N–H and O–H groups in total.